The fraction of sp³-hybridized carbons (Fsp3) is 0.286. The molecule has 4 nitrogen and oxygen atoms in total. The zero-order valence-electron chi connectivity index (χ0n) is 11.6. The molecule has 0 aliphatic rings. The summed E-state index contributed by atoms with van der Waals surface area (Å²) in [5.74, 6) is 0.251. The van der Waals surface area contributed by atoms with E-state index in [4.69, 9.17) is 17.0 Å². The van der Waals surface area contributed by atoms with Gasteiger partial charge >= 0.3 is 0 Å². The van der Waals surface area contributed by atoms with Crippen LogP contribution in [-0.4, -0.2) is 33.7 Å². The average molecular weight is 293 g/mol. The molecule has 0 N–H and O–H groups in total. The van der Waals surface area contributed by atoms with E-state index in [1.807, 2.05) is 7.05 Å². The van der Waals surface area contributed by atoms with E-state index in [0.29, 0.717) is 11.4 Å². The molecule has 0 aliphatic heterocycles. The first kappa shape index (κ1) is 14.5. The summed E-state index contributed by atoms with van der Waals surface area (Å²) in [6.07, 6.45) is 2.75. The van der Waals surface area contributed by atoms with Gasteiger partial charge in [-0.05, 0) is 18.3 Å². The molecule has 1 atom stereocenters. The van der Waals surface area contributed by atoms with E-state index in [0.717, 1.165) is 0 Å². The molecule has 20 heavy (non-hydrogen) atoms. The molecule has 1 unspecified atom stereocenters. The Hall–Kier alpha value is -1.95. The van der Waals surface area contributed by atoms with Crippen molar-refractivity contribution < 1.29 is 9.13 Å². The molecule has 0 bridgehead atoms. The van der Waals surface area contributed by atoms with Crippen LogP contribution >= 0.6 is 12.2 Å². The van der Waals surface area contributed by atoms with Crippen LogP contribution in [0.4, 0.5) is 4.39 Å². The van der Waals surface area contributed by atoms with Gasteiger partial charge in [0.2, 0.25) is 0 Å². The molecule has 0 saturated carbocycles. The fourth-order valence-corrected chi connectivity index (χ4v) is 1.88. The lowest BCUT2D eigenvalue weighted by Gasteiger charge is -2.23. The number of imidazole rings is 1. The highest BCUT2D eigenvalue weighted by atomic mass is 32.1. The monoisotopic (exact) mass is 293 g/mol. The minimum absolute atomic E-state index is 0.279. The lowest BCUT2D eigenvalue weighted by atomic mass is 10.1. The van der Waals surface area contributed by atoms with Crippen LogP contribution in [0.15, 0.2) is 36.7 Å². The molecule has 0 radical (unpaired) electrons. The van der Waals surface area contributed by atoms with Gasteiger partial charge in [-0.25, -0.2) is 9.37 Å². The lowest BCUT2D eigenvalue weighted by Crippen LogP contribution is -2.26. The largest absolute Gasteiger partial charge is 0.454 e. The summed E-state index contributed by atoms with van der Waals surface area (Å²) in [7, 11) is 5.39. The van der Waals surface area contributed by atoms with Crippen LogP contribution in [0.3, 0.4) is 0 Å². The van der Waals surface area contributed by atoms with E-state index < -0.39 is 6.10 Å². The molecule has 1 aromatic carbocycles. The van der Waals surface area contributed by atoms with E-state index in [-0.39, 0.29) is 11.0 Å². The average Bonchev–Trinajstić information content (AvgIpc) is 2.82. The maximum absolute atomic E-state index is 14.0. The number of aromatic nitrogens is 2. The Kier molecular flexibility index (Phi) is 4.34. The van der Waals surface area contributed by atoms with Crippen LogP contribution in [0.5, 0.6) is 0 Å². The van der Waals surface area contributed by atoms with Gasteiger partial charge in [0.05, 0.1) is 0 Å². The third kappa shape index (κ3) is 2.96. The van der Waals surface area contributed by atoms with Crippen molar-refractivity contribution in [3.63, 3.8) is 0 Å². The maximum Gasteiger partial charge on any atom is 0.259 e. The van der Waals surface area contributed by atoms with E-state index in [2.05, 4.69) is 4.98 Å². The quantitative estimate of drug-likeness (QED) is 0.814. The number of rotatable bonds is 3. The normalized spacial score (nSPS) is 12.0. The number of halogens is 1. The van der Waals surface area contributed by atoms with Crippen molar-refractivity contribution in [3.05, 3.63) is 53.9 Å². The second-order valence-corrected chi connectivity index (χ2v) is 4.93. The number of ether oxygens (including phenoxy) is 1. The van der Waals surface area contributed by atoms with Gasteiger partial charge in [-0.2, -0.15) is 0 Å². The Labute approximate surface area is 122 Å². The number of hydrogen-bond donors (Lipinski definition) is 0. The first-order valence-corrected chi connectivity index (χ1v) is 6.51. The van der Waals surface area contributed by atoms with Crippen LogP contribution in [0, 0.1) is 5.82 Å². The first-order chi connectivity index (χ1) is 9.50. The zero-order chi connectivity index (χ0) is 14.7. The predicted octanol–water partition coefficient (Wildman–Crippen LogP) is 2.51. The van der Waals surface area contributed by atoms with Crippen molar-refractivity contribution in [3.8, 4) is 0 Å². The minimum atomic E-state index is -0.675. The molecule has 0 saturated heterocycles. The fourth-order valence-electron chi connectivity index (χ4n) is 1.78. The van der Waals surface area contributed by atoms with E-state index in [1.54, 1.807) is 54.2 Å². The van der Waals surface area contributed by atoms with Crippen molar-refractivity contribution in [2.75, 3.05) is 14.1 Å². The summed E-state index contributed by atoms with van der Waals surface area (Å²) in [4.78, 5) is 5.90. The van der Waals surface area contributed by atoms with E-state index in [1.165, 1.54) is 6.07 Å². The molecular formula is C14H16FN3OS. The molecule has 0 fully saturated rings. The standard InChI is InChI=1S/C14H16FN3OS/c1-17(2)14(20)19-12(13-16-8-9-18(13)3)10-6-4-5-7-11(10)15/h4-9,12H,1-3H3. The molecule has 0 amide bonds. The van der Waals surface area contributed by atoms with E-state index >= 15 is 0 Å². The summed E-state index contributed by atoms with van der Waals surface area (Å²) >= 11 is 5.16. The van der Waals surface area contributed by atoms with Crippen molar-refractivity contribution in [2.45, 2.75) is 6.10 Å². The Morgan fingerprint density at radius 3 is 2.65 bits per heavy atom. The predicted molar refractivity (Wildman–Crippen MR) is 78.8 cm³/mol. The third-order valence-electron chi connectivity index (χ3n) is 2.86. The van der Waals surface area contributed by atoms with E-state index in [9.17, 15) is 4.39 Å². The highest BCUT2D eigenvalue weighted by Crippen LogP contribution is 2.27. The van der Waals surface area contributed by atoms with Crippen molar-refractivity contribution >= 4 is 17.4 Å². The van der Waals surface area contributed by atoms with Gasteiger partial charge in [0.25, 0.3) is 5.17 Å². The second-order valence-electron chi connectivity index (χ2n) is 4.58. The van der Waals surface area contributed by atoms with Gasteiger partial charge in [0.15, 0.2) is 11.9 Å². The SMILES string of the molecule is CN(C)C(=S)OC(c1ccccc1F)c1nccn1C. The number of aryl methyl sites for hydroxylation is 1. The van der Waals surface area contributed by atoms with Crippen LogP contribution in [0.2, 0.25) is 0 Å². The Balaban J connectivity index is 2.43. The van der Waals surface area contributed by atoms with Gasteiger partial charge in [-0.1, -0.05) is 18.2 Å². The second kappa shape index (κ2) is 6.00. The summed E-state index contributed by atoms with van der Waals surface area (Å²) in [6, 6.07) is 6.47. The van der Waals surface area contributed by atoms with Crippen LogP contribution in [-0.2, 0) is 11.8 Å². The molecule has 0 spiro atoms. The van der Waals surface area contributed by atoms with Crippen molar-refractivity contribution in [2.24, 2.45) is 7.05 Å². The topological polar surface area (TPSA) is 30.3 Å². The summed E-state index contributed by atoms with van der Waals surface area (Å²) in [5, 5.41) is 0.279. The van der Waals surface area contributed by atoms with Gasteiger partial charge in [0.1, 0.15) is 5.82 Å². The highest BCUT2D eigenvalue weighted by molar-refractivity contribution is 7.80. The summed E-state index contributed by atoms with van der Waals surface area (Å²) in [6.45, 7) is 0. The van der Waals surface area contributed by atoms with Gasteiger partial charge in [0, 0.05) is 39.1 Å². The molecule has 1 heterocycles. The zero-order valence-corrected chi connectivity index (χ0v) is 12.4. The number of thiocarbonyl (C=S) groups is 1. The maximum atomic E-state index is 14.0. The molecular weight excluding hydrogens is 277 g/mol. The molecule has 2 rings (SSSR count). The third-order valence-corrected chi connectivity index (χ3v) is 3.33. The number of hydrogen-bond acceptors (Lipinski definition) is 3. The highest BCUT2D eigenvalue weighted by Gasteiger charge is 2.24. The first-order valence-electron chi connectivity index (χ1n) is 6.10. The van der Waals surface area contributed by atoms with Gasteiger partial charge in [-0.3, -0.25) is 0 Å². The van der Waals surface area contributed by atoms with Crippen LogP contribution in [0.25, 0.3) is 0 Å². The Bertz CT molecular complexity index is 612. The Morgan fingerprint density at radius 1 is 1.40 bits per heavy atom. The Morgan fingerprint density at radius 2 is 2.10 bits per heavy atom. The minimum Gasteiger partial charge on any atom is -0.454 e. The molecule has 1 aromatic heterocycles. The lowest BCUT2D eigenvalue weighted by molar-refractivity contribution is 0.191. The number of nitrogens with zero attached hydrogens (tertiary/aromatic N) is 3. The smallest absolute Gasteiger partial charge is 0.259 e. The van der Waals surface area contributed by atoms with Crippen molar-refractivity contribution in [1.82, 2.24) is 14.5 Å². The van der Waals surface area contributed by atoms with Crippen LogP contribution < -0.4 is 0 Å². The molecule has 6 heteroatoms. The summed E-state index contributed by atoms with van der Waals surface area (Å²) in [5.41, 5.74) is 0.408. The van der Waals surface area contributed by atoms with Crippen LogP contribution in [0.1, 0.15) is 17.5 Å². The molecule has 0 aliphatic carbocycles. The molecule has 106 valence electrons. The summed E-state index contributed by atoms with van der Waals surface area (Å²) < 4.78 is 21.6. The van der Waals surface area contributed by atoms with Gasteiger partial charge < -0.3 is 14.2 Å². The molecule has 2 aromatic rings. The van der Waals surface area contributed by atoms with Crippen molar-refractivity contribution in [1.29, 1.82) is 0 Å². The number of benzene rings is 1. The van der Waals surface area contributed by atoms with Gasteiger partial charge in [-0.15, -0.1) is 0 Å².